The summed E-state index contributed by atoms with van der Waals surface area (Å²) in [5.41, 5.74) is 1.32. The molecule has 1 aromatic carbocycles. The lowest BCUT2D eigenvalue weighted by molar-refractivity contribution is 0.141. The highest BCUT2D eigenvalue weighted by molar-refractivity contribution is 6.30. The molecule has 118 valence electrons. The number of aliphatic hydroxyl groups excluding tert-OH is 1. The van der Waals surface area contributed by atoms with E-state index in [0.29, 0.717) is 6.04 Å². The van der Waals surface area contributed by atoms with Crippen molar-refractivity contribution in [2.45, 2.75) is 51.3 Å². The van der Waals surface area contributed by atoms with E-state index in [2.05, 4.69) is 29.3 Å². The second-order valence-electron chi connectivity index (χ2n) is 6.03. The van der Waals surface area contributed by atoms with Crippen LogP contribution in [0.1, 0.15) is 38.2 Å². The summed E-state index contributed by atoms with van der Waals surface area (Å²) >= 11 is 5.91. The highest BCUT2D eigenvalue weighted by Gasteiger charge is 2.19. The van der Waals surface area contributed by atoms with Crippen molar-refractivity contribution in [3.63, 3.8) is 0 Å². The van der Waals surface area contributed by atoms with Gasteiger partial charge in [0.25, 0.3) is 0 Å². The van der Waals surface area contributed by atoms with Gasteiger partial charge in [-0.25, -0.2) is 0 Å². The molecule has 21 heavy (non-hydrogen) atoms. The van der Waals surface area contributed by atoms with Crippen molar-refractivity contribution in [3.8, 4) is 0 Å². The molecule has 1 heterocycles. The number of hydrogen-bond donors (Lipinski definition) is 2. The smallest absolute Gasteiger partial charge is 0.0664 e. The second kappa shape index (κ2) is 8.74. The van der Waals surface area contributed by atoms with Crippen LogP contribution in [0.3, 0.4) is 0 Å². The van der Waals surface area contributed by atoms with Crippen LogP contribution in [0.4, 0.5) is 0 Å². The van der Waals surface area contributed by atoms with Crippen molar-refractivity contribution in [2.24, 2.45) is 0 Å². The lowest BCUT2D eigenvalue weighted by Gasteiger charge is -2.33. The molecule has 2 rings (SSSR count). The summed E-state index contributed by atoms with van der Waals surface area (Å²) in [4.78, 5) is 2.49. The quantitative estimate of drug-likeness (QED) is 0.812. The molecule has 4 heteroatoms. The largest absolute Gasteiger partial charge is 0.392 e. The van der Waals surface area contributed by atoms with Crippen molar-refractivity contribution in [1.29, 1.82) is 0 Å². The standard InChI is InChI=1S/C17H27ClN2O/c1-2-3-17(21)12-19-16-8-10-20(11-9-16)13-14-4-6-15(18)7-5-14/h4-7,16-17,19,21H,2-3,8-13H2,1H3. The Kier molecular flexibility index (Phi) is 6.97. The van der Waals surface area contributed by atoms with Crippen LogP contribution in [0.15, 0.2) is 24.3 Å². The maximum absolute atomic E-state index is 9.77. The number of benzene rings is 1. The minimum Gasteiger partial charge on any atom is -0.392 e. The minimum atomic E-state index is -0.193. The first kappa shape index (κ1) is 16.8. The Morgan fingerprint density at radius 2 is 1.95 bits per heavy atom. The summed E-state index contributed by atoms with van der Waals surface area (Å²) < 4.78 is 0. The van der Waals surface area contributed by atoms with Gasteiger partial charge in [0.05, 0.1) is 6.10 Å². The Morgan fingerprint density at radius 3 is 2.57 bits per heavy atom. The monoisotopic (exact) mass is 310 g/mol. The Hall–Kier alpha value is -0.610. The van der Waals surface area contributed by atoms with Crippen molar-refractivity contribution in [2.75, 3.05) is 19.6 Å². The summed E-state index contributed by atoms with van der Waals surface area (Å²) in [6.45, 7) is 6.07. The molecule has 0 radical (unpaired) electrons. The van der Waals surface area contributed by atoms with E-state index >= 15 is 0 Å². The van der Waals surface area contributed by atoms with E-state index in [1.54, 1.807) is 0 Å². The highest BCUT2D eigenvalue weighted by Crippen LogP contribution is 2.16. The molecule has 3 nitrogen and oxygen atoms in total. The molecule has 2 N–H and O–H groups in total. The van der Waals surface area contributed by atoms with Gasteiger partial charge in [0.1, 0.15) is 0 Å². The third-order valence-corrected chi connectivity index (χ3v) is 4.42. The molecule has 1 aliphatic heterocycles. The Labute approximate surface area is 133 Å². The third-order valence-electron chi connectivity index (χ3n) is 4.17. The van der Waals surface area contributed by atoms with E-state index in [0.717, 1.165) is 56.9 Å². The van der Waals surface area contributed by atoms with Crippen molar-refractivity contribution < 1.29 is 5.11 Å². The average Bonchev–Trinajstić information content (AvgIpc) is 2.49. The van der Waals surface area contributed by atoms with E-state index in [4.69, 9.17) is 11.6 Å². The summed E-state index contributed by atoms with van der Waals surface area (Å²) in [5, 5.41) is 14.1. The van der Waals surface area contributed by atoms with E-state index < -0.39 is 0 Å². The number of aliphatic hydroxyl groups is 1. The number of hydrogen-bond acceptors (Lipinski definition) is 3. The van der Waals surface area contributed by atoms with Crippen LogP contribution in [-0.2, 0) is 6.54 Å². The number of rotatable bonds is 7. The molecule has 0 aliphatic carbocycles. The highest BCUT2D eigenvalue weighted by atomic mass is 35.5. The van der Waals surface area contributed by atoms with Gasteiger partial charge in [-0.15, -0.1) is 0 Å². The Morgan fingerprint density at radius 1 is 1.29 bits per heavy atom. The topological polar surface area (TPSA) is 35.5 Å². The fourth-order valence-electron chi connectivity index (χ4n) is 2.88. The summed E-state index contributed by atoms with van der Waals surface area (Å²) in [6, 6.07) is 8.68. The lowest BCUT2D eigenvalue weighted by atomic mass is 10.0. The van der Waals surface area contributed by atoms with Gasteiger partial charge < -0.3 is 10.4 Å². The van der Waals surface area contributed by atoms with Gasteiger partial charge in [0, 0.05) is 24.2 Å². The van der Waals surface area contributed by atoms with Gasteiger partial charge in [-0.2, -0.15) is 0 Å². The van der Waals surface area contributed by atoms with E-state index in [9.17, 15) is 5.11 Å². The summed E-state index contributed by atoms with van der Waals surface area (Å²) in [7, 11) is 0. The molecule has 1 aromatic rings. The van der Waals surface area contributed by atoms with Gasteiger partial charge >= 0.3 is 0 Å². The average molecular weight is 311 g/mol. The van der Waals surface area contributed by atoms with Crippen LogP contribution < -0.4 is 5.32 Å². The predicted octanol–water partition coefficient (Wildman–Crippen LogP) is 3.06. The number of nitrogens with one attached hydrogen (secondary N) is 1. The summed E-state index contributed by atoms with van der Waals surface area (Å²) in [6.07, 6.45) is 4.06. The molecule has 1 fully saturated rings. The number of halogens is 1. The van der Waals surface area contributed by atoms with E-state index in [1.165, 1.54) is 5.56 Å². The Bertz CT molecular complexity index is 402. The van der Waals surface area contributed by atoms with E-state index in [1.807, 2.05) is 12.1 Å². The van der Waals surface area contributed by atoms with Crippen LogP contribution in [0.25, 0.3) is 0 Å². The van der Waals surface area contributed by atoms with Gasteiger partial charge in [-0.3, -0.25) is 4.90 Å². The second-order valence-corrected chi connectivity index (χ2v) is 6.46. The van der Waals surface area contributed by atoms with Gasteiger partial charge in [-0.1, -0.05) is 37.1 Å². The lowest BCUT2D eigenvalue weighted by Crippen LogP contribution is -2.44. The molecular formula is C17H27ClN2O. The maximum atomic E-state index is 9.77. The fourth-order valence-corrected chi connectivity index (χ4v) is 3.01. The molecule has 0 saturated carbocycles. The van der Waals surface area contributed by atoms with Gasteiger partial charge in [0.2, 0.25) is 0 Å². The van der Waals surface area contributed by atoms with Crippen LogP contribution >= 0.6 is 11.6 Å². The van der Waals surface area contributed by atoms with Gasteiger partial charge in [0.15, 0.2) is 0 Å². The zero-order valence-corrected chi connectivity index (χ0v) is 13.6. The van der Waals surface area contributed by atoms with Crippen LogP contribution in [0.5, 0.6) is 0 Å². The first-order valence-electron chi connectivity index (χ1n) is 8.05. The molecule has 0 spiro atoms. The predicted molar refractivity (Wildman–Crippen MR) is 88.7 cm³/mol. The van der Waals surface area contributed by atoms with Crippen molar-refractivity contribution in [3.05, 3.63) is 34.9 Å². The molecule has 0 amide bonds. The molecule has 1 saturated heterocycles. The number of piperidine rings is 1. The molecule has 1 aliphatic rings. The van der Waals surface area contributed by atoms with Crippen molar-refractivity contribution >= 4 is 11.6 Å². The zero-order chi connectivity index (χ0) is 15.1. The van der Waals surface area contributed by atoms with Crippen LogP contribution in [0, 0.1) is 0 Å². The zero-order valence-electron chi connectivity index (χ0n) is 12.9. The first-order chi connectivity index (χ1) is 10.2. The number of likely N-dealkylation sites (tertiary alicyclic amines) is 1. The Balaban J connectivity index is 1.67. The first-order valence-corrected chi connectivity index (χ1v) is 8.43. The SMILES string of the molecule is CCCC(O)CNC1CCN(Cc2ccc(Cl)cc2)CC1. The van der Waals surface area contributed by atoms with E-state index in [-0.39, 0.29) is 6.10 Å². The molecule has 1 atom stereocenters. The molecular weight excluding hydrogens is 284 g/mol. The minimum absolute atomic E-state index is 0.193. The molecule has 0 aromatic heterocycles. The van der Waals surface area contributed by atoms with Crippen molar-refractivity contribution in [1.82, 2.24) is 10.2 Å². The normalized spacial score (nSPS) is 18.8. The maximum Gasteiger partial charge on any atom is 0.0664 e. The molecule has 1 unspecified atom stereocenters. The molecule has 0 bridgehead atoms. The fraction of sp³-hybridized carbons (Fsp3) is 0.647. The van der Waals surface area contributed by atoms with Crippen LogP contribution in [-0.4, -0.2) is 41.8 Å². The van der Waals surface area contributed by atoms with Crippen LogP contribution in [0.2, 0.25) is 5.02 Å². The number of nitrogens with zero attached hydrogens (tertiary/aromatic N) is 1. The summed E-state index contributed by atoms with van der Waals surface area (Å²) in [5.74, 6) is 0. The van der Waals surface area contributed by atoms with Gasteiger partial charge in [-0.05, 0) is 50.0 Å². The third kappa shape index (κ3) is 5.95.